The fraction of sp³-hybridized carbons (Fsp3) is 0.556. The van der Waals surface area contributed by atoms with Crippen LogP contribution in [0.25, 0.3) is 0 Å². The van der Waals surface area contributed by atoms with Crippen LogP contribution in [0.5, 0.6) is 0 Å². The molecule has 2 aromatic rings. The van der Waals surface area contributed by atoms with Crippen LogP contribution >= 0.6 is 24.8 Å². The lowest BCUT2D eigenvalue weighted by Crippen LogP contribution is -2.49. The highest BCUT2D eigenvalue weighted by molar-refractivity contribution is 5.85. The Balaban J connectivity index is 0.00000289. The average Bonchev–Trinajstić information content (AvgIpc) is 2.84. The van der Waals surface area contributed by atoms with Crippen molar-refractivity contribution >= 4 is 24.8 Å². The fourth-order valence-electron chi connectivity index (χ4n) is 4.85. The van der Waals surface area contributed by atoms with E-state index in [1.165, 1.54) is 109 Å². The first-order valence-electron chi connectivity index (χ1n) is 12.3. The second-order valence-electron chi connectivity index (χ2n) is 9.19. The average molecular weight is 530 g/mol. The Bertz CT molecular complexity index is 678. The number of piperazine rings is 2. The van der Waals surface area contributed by atoms with Crippen molar-refractivity contribution in [2.24, 2.45) is 0 Å². The first-order valence-corrected chi connectivity index (χ1v) is 12.3. The van der Waals surface area contributed by atoms with Gasteiger partial charge in [0.05, 0.1) is 0 Å². The molecule has 0 unspecified atom stereocenters. The van der Waals surface area contributed by atoms with Gasteiger partial charge >= 0.3 is 0 Å². The van der Waals surface area contributed by atoms with Gasteiger partial charge in [-0.05, 0) is 43.5 Å². The van der Waals surface area contributed by atoms with E-state index in [1.807, 2.05) is 0 Å². The Morgan fingerprint density at radius 2 is 0.714 bits per heavy atom. The number of nitrogens with zero attached hydrogens (tertiary/aromatic N) is 4. The number of hydrogen-bond donors (Lipinski definition) is 0. The van der Waals surface area contributed by atoms with Crippen molar-refractivity contribution < 1.29 is 11.0 Å². The molecule has 6 nitrogen and oxygen atoms in total. The molecule has 200 valence electrons. The van der Waals surface area contributed by atoms with Gasteiger partial charge in [0.2, 0.25) is 0 Å². The quantitative estimate of drug-likeness (QED) is 0.474. The van der Waals surface area contributed by atoms with Crippen LogP contribution in [0.3, 0.4) is 0 Å². The normalized spacial score (nSPS) is 17.4. The van der Waals surface area contributed by atoms with Crippen molar-refractivity contribution in [3.05, 3.63) is 71.8 Å². The van der Waals surface area contributed by atoms with Crippen molar-refractivity contribution in [2.75, 3.05) is 78.5 Å². The molecule has 4 rings (SSSR count). The van der Waals surface area contributed by atoms with Gasteiger partial charge in [-0.25, -0.2) is 0 Å². The number of rotatable bonds is 10. The van der Waals surface area contributed by atoms with Gasteiger partial charge in [-0.3, -0.25) is 0 Å². The summed E-state index contributed by atoms with van der Waals surface area (Å²) in [7, 11) is 0. The lowest BCUT2D eigenvalue weighted by atomic mass is 10.1. The van der Waals surface area contributed by atoms with Gasteiger partial charge in [0.15, 0.2) is 0 Å². The van der Waals surface area contributed by atoms with Gasteiger partial charge < -0.3 is 30.6 Å². The van der Waals surface area contributed by atoms with Crippen LogP contribution in [0.1, 0.15) is 17.5 Å². The van der Waals surface area contributed by atoms with Crippen molar-refractivity contribution in [3.8, 4) is 0 Å². The molecule has 0 saturated carbocycles. The van der Waals surface area contributed by atoms with Gasteiger partial charge in [-0.2, -0.15) is 0 Å². The molecule has 0 aliphatic carbocycles. The van der Waals surface area contributed by atoms with E-state index in [1.54, 1.807) is 0 Å². The van der Waals surface area contributed by atoms with Gasteiger partial charge in [0.1, 0.15) is 0 Å². The molecule has 0 bridgehead atoms. The van der Waals surface area contributed by atoms with Crippen LogP contribution in [-0.4, -0.2) is 109 Å². The summed E-state index contributed by atoms with van der Waals surface area (Å²) < 4.78 is 0. The maximum Gasteiger partial charge on any atom is 0.0110 e. The molecule has 0 amide bonds. The van der Waals surface area contributed by atoms with Crippen LogP contribution in [0.4, 0.5) is 0 Å². The Labute approximate surface area is 224 Å². The number of halogens is 2. The molecule has 2 saturated heterocycles. The largest absolute Gasteiger partial charge is 0.412 e. The monoisotopic (exact) mass is 528 g/mol. The Morgan fingerprint density at radius 1 is 0.429 bits per heavy atom. The maximum absolute atomic E-state index is 2.68. The topological polar surface area (TPSA) is 76.0 Å². The van der Waals surface area contributed by atoms with E-state index >= 15 is 0 Å². The molecule has 8 heteroatoms. The molecule has 35 heavy (non-hydrogen) atoms. The SMILES string of the molecule is Cl.Cl.O.O.c1ccc(CCN2CCN(CCCN3CCN(CCc4ccccc4)CC3)CC2)cc1. The predicted molar refractivity (Wildman–Crippen MR) is 152 cm³/mol. The Kier molecular flexibility index (Phi) is 18.3. The molecule has 2 heterocycles. The van der Waals surface area contributed by atoms with E-state index in [9.17, 15) is 0 Å². The summed E-state index contributed by atoms with van der Waals surface area (Å²) in [6, 6.07) is 21.8. The highest BCUT2D eigenvalue weighted by Crippen LogP contribution is 2.08. The first-order chi connectivity index (χ1) is 15.3. The van der Waals surface area contributed by atoms with E-state index in [-0.39, 0.29) is 35.8 Å². The molecular weight excluding hydrogens is 483 g/mol. The van der Waals surface area contributed by atoms with Crippen molar-refractivity contribution in [1.82, 2.24) is 19.6 Å². The molecule has 0 spiro atoms. The van der Waals surface area contributed by atoms with Crippen LogP contribution < -0.4 is 0 Å². The second-order valence-corrected chi connectivity index (χ2v) is 9.19. The van der Waals surface area contributed by atoms with Crippen LogP contribution in [-0.2, 0) is 12.8 Å². The zero-order chi connectivity index (χ0) is 21.1. The minimum absolute atomic E-state index is 0. The molecule has 2 aliphatic rings. The third kappa shape index (κ3) is 12.0. The summed E-state index contributed by atoms with van der Waals surface area (Å²) in [5, 5.41) is 0. The third-order valence-corrected chi connectivity index (χ3v) is 7.00. The summed E-state index contributed by atoms with van der Waals surface area (Å²) in [5.41, 5.74) is 2.93. The van der Waals surface area contributed by atoms with E-state index in [0.717, 1.165) is 0 Å². The molecular formula is C27H46Cl2N4O2. The van der Waals surface area contributed by atoms with E-state index in [4.69, 9.17) is 0 Å². The number of hydrogen-bond acceptors (Lipinski definition) is 4. The molecule has 2 fully saturated rings. The molecule has 0 atom stereocenters. The van der Waals surface area contributed by atoms with E-state index in [2.05, 4.69) is 80.3 Å². The summed E-state index contributed by atoms with van der Waals surface area (Å²) in [4.78, 5) is 10.6. The Morgan fingerprint density at radius 3 is 1.03 bits per heavy atom. The van der Waals surface area contributed by atoms with Crippen LogP contribution in [0, 0.1) is 0 Å². The number of benzene rings is 2. The lowest BCUT2D eigenvalue weighted by molar-refractivity contribution is 0.111. The standard InChI is InChI=1S/C27H40N4.2ClH.2H2O/c1-3-8-26(9-4-1)12-16-30-22-18-28(19-23-30)14-7-15-29-20-24-31(25-21-29)17-13-27-10-5-2-6-11-27;;;;/h1-6,8-11H,7,12-25H2;2*1H;2*1H2. The summed E-state index contributed by atoms with van der Waals surface area (Å²) in [6.07, 6.45) is 3.67. The zero-order valence-electron chi connectivity index (χ0n) is 21.0. The smallest absolute Gasteiger partial charge is 0.0110 e. The first kappa shape index (κ1) is 33.8. The minimum atomic E-state index is 0. The van der Waals surface area contributed by atoms with E-state index < -0.39 is 0 Å². The van der Waals surface area contributed by atoms with Gasteiger partial charge in [0.25, 0.3) is 0 Å². The summed E-state index contributed by atoms with van der Waals surface area (Å²) >= 11 is 0. The lowest BCUT2D eigenvalue weighted by Gasteiger charge is -2.36. The maximum atomic E-state index is 2.68. The van der Waals surface area contributed by atoms with Crippen LogP contribution in [0.15, 0.2) is 60.7 Å². The highest BCUT2D eigenvalue weighted by atomic mass is 35.5. The minimum Gasteiger partial charge on any atom is -0.412 e. The van der Waals surface area contributed by atoms with Crippen LogP contribution in [0.2, 0.25) is 0 Å². The summed E-state index contributed by atoms with van der Waals surface area (Å²) in [6.45, 7) is 14.8. The van der Waals surface area contributed by atoms with Crippen molar-refractivity contribution in [2.45, 2.75) is 19.3 Å². The van der Waals surface area contributed by atoms with E-state index in [0.29, 0.717) is 0 Å². The molecule has 0 aromatic heterocycles. The zero-order valence-corrected chi connectivity index (χ0v) is 22.6. The van der Waals surface area contributed by atoms with Gasteiger partial charge in [0, 0.05) is 65.4 Å². The highest BCUT2D eigenvalue weighted by Gasteiger charge is 2.18. The van der Waals surface area contributed by atoms with Gasteiger partial charge in [-0.15, -0.1) is 24.8 Å². The fourth-order valence-corrected chi connectivity index (χ4v) is 4.85. The third-order valence-electron chi connectivity index (χ3n) is 7.00. The van der Waals surface area contributed by atoms with Crippen molar-refractivity contribution in [3.63, 3.8) is 0 Å². The molecule has 2 aliphatic heterocycles. The van der Waals surface area contributed by atoms with Crippen molar-refractivity contribution in [1.29, 1.82) is 0 Å². The summed E-state index contributed by atoms with van der Waals surface area (Å²) in [5.74, 6) is 0. The molecule has 0 radical (unpaired) electrons. The molecule has 4 N–H and O–H groups in total. The Hall–Kier alpha value is -1.22. The predicted octanol–water partition coefficient (Wildman–Crippen LogP) is 2.29. The second kappa shape index (κ2) is 19.0. The van der Waals surface area contributed by atoms with Gasteiger partial charge in [-0.1, -0.05) is 60.7 Å². The molecule has 2 aromatic carbocycles.